The summed E-state index contributed by atoms with van der Waals surface area (Å²) in [5.74, 6) is 1.34. The van der Waals surface area contributed by atoms with Crippen molar-refractivity contribution in [1.29, 1.82) is 0 Å². The van der Waals surface area contributed by atoms with Gasteiger partial charge in [0.15, 0.2) is 0 Å². The maximum absolute atomic E-state index is 11.0. The Hall–Kier alpha value is -0.420. The summed E-state index contributed by atoms with van der Waals surface area (Å²) in [5, 5.41) is 0.584. The van der Waals surface area contributed by atoms with Crippen LogP contribution in [0.1, 0.15) is 47.0 Å². The zero-order chi connectivity index (χ0) is 14.4. The first kappa shape index (κ1) is 16.6. The summed E-state index contributed by atoms with van der Waals surface area (Å²) < 4.78 is 11.2. The molecular weight excluding hydrogens is 262 g/mol. The van der Waals surface area contributed by atoms with Crippen molar-refractivity contribution < 1.29 is 14.3 Å². The number of ether oxygens (including phenoxy) is 2. The fraction of sp³-hybridized carbons (Fsp3) is 0.929. The van der Waals surface area contributed by atoms with E-state index in [2.05, 4.69) is 27.7 Å². The molecule has 1 aliphatic carbocycles. The van der Waals surface area contributed by atoms with Crippen LogP contribution in [0.3, 0.4) is 0 Å². The van der Waals surface area contributed by atoms with Crippen molar-refractivity contribution in [3.8, 4) is 0 Å². The number of hydrogen-bond donors (Lipinski definition) is 1. The highest BCUT2D eigenvalue weighted by atomic mass is 32.2. The highest BCUT2D eigenvalue weighted by Crippen LogP contribution is 2.32. The average molecular weight is 289 g/mol. The number of amides is 1. The maximum Gasteiger partial charge on any atom is 0.404 e. The Kier molecular flexibility index (Phi) is 7.00. The first-order valence-corrected chi connectivity index (χ1v) is 8.16. The predicted molar refractivity (Wildman–Crippen MR) is 79.4 cm³/mol. The lowest BCUT2D eigenvalue weighted by Crippen LogP contribution is -2.39. The van der Waals surface area contributed by atoms with E-state index in [1.807, 2.05) is 11.8 Å². The molecule has 0 radical (unpaired) electrons. The van der Waals surface area contributed by atoms with Crippen molar-refractivity contribution in [2.75, 3.05) is 5.75 Å². The molecule has 5 heteroatoms. The molecule has 112 valence electrons. The second-order valence-corrected chi connectivity index (χ2v) is 7.35. The Balaban J connectivity index is 2.54. The maximum atomic E-state index is 11.0. The molecule has 1 aliphatic rings. The third-order valence-corrected chi connectivity index (χ3v) is 4.53. The van der Waals surface area contributed by atoms with Crippen LogP contribution in [0.5, 0.6) is 0 Å². The Labute approximate surface area is 120 Å². The minimum atomic E-state index is -0.659. The summed E-state index contributed by atoms with van der Waals surface area (Å²) in [7, 11) is 0. The monoisotopic (exact) mass is 289 g/mol. The summed E-state index contributed by atoms with van der Waals surface area (Å²) in [6.45, 7) is 8.48. The van der Waals surface area contributed by atoms with Crippen molar-refractivity contribution >= 4 is 17.9 Å². The third-order valence-electron chi connectivity index (χ3n) is 3.24. The van der Waals surface area contributed by atoms with Gasteiger partial charge in [0, 0.05) is 5.92 Å². The van der Waals surface area contributed by atoms with Gasteiger partial charge in [-0.3, -0.25) is 0 Å². The van der Waals surface area contributed by atoms with Crippen LogP contribution in [0, 0.1) is 5.92 Å². The normalized spacial score (nSPS) is 27.8. The van der Waals surface area contributed by atoms with Crippen molar-refractivity contribution in [2.24, 2.45) is 11.7 Å². The van der Waals surface area contributed by atoms with Crippen molar-refractivity contribution in [2.45, 2.75) is 70.5 Å². The number of carbonyl (C=O) groups is 1. The van der Waals surface area contributed by atoms with Gasteiger partial charge in [0.25, 0.3) is 0 Å². The molecule has 3 unspecified atom stereocenters. The highest BCUT2D eigenvalue weighted by Gasteiger charge is 2.33. The van der Waals surface area contributed by atoms with Crippen LogP contribution in [-0.4, -0.2) is 35.4 Å². The summed E-state index contributed by atoms with van der Waals surface area (Å²) in [6.07, 6.45) is 2.57. The van der Waals surface area contributed by atoms with Gasteiger partial charge < -0.3 is 15.2 Å². The topological polar surface area (TPSA) is 61.6 Å². The average Bonchev–Trinajstić information content (AvgIpc) is 2.27. The van der Waals surface area contributed by atoms with Gasteiger partial charge in [-0.2, -0.15) is 11.8 Å². The van der Waals surface area contributed by atoms with Gasteiger partial charge in [-0.1, -0.05) is 13.8 Å². The number of carbonyl (C=O) groups excluding carboxylic acids is 1. The molecule has 1 rings (SSSR count). The van der Waals surface area contributed by atoms with Crippen molar-refractivity contribution in [1.82, 2.24) is 0 Å². The Morgan fingerprint density at radius 2 is 2.00 bits per heavy atom. The van der Waals surface area contributed by atoms with Crippen LogP contribution < -0.4 is 5.73 Å². The quantitative estimate of drug-likeness (QED) is 0.815. The number of hydrogen-bond acceptors (Lipinski definition) is 4. The predicted octanol–water partition coefficient (Wildman–Crippen LogP) is 3.19. The van der Waals surface area contributed by atoms with Crippen molar-refractivity contribution in [3.63, 3.8) is 0 Å². The molecule has 0 bridgehead atoms. The minimum Gasteiger partial charge on any atom is -0.446 e. The molecule has 0 heterocycles. The molecule has 1 saturated carbocycles. The molecule has 19 heavy (non-hydrogen) atoms. The molecule has 0 aliphatic heterocycles. The lowest BCUT2D eigenvalue weighted by molar-refractivity contribution is -0.0546. The largest absolute Gasteiger partial charge is 0.446 e. The van der Waals surface area contributed by atoms with Gasteiger partial charge >= 0.3 is 6.09 Å². The SMILES string of the molecule is CC(C)OC1CCC(OC(N)=O)C(CSC(C)C)C1. The number of nitrogens with two attached hydrogens (primary N) is 1. The molecule has 1 fully saturated rings. The van der Waals surface area contributed by atoms with Gasteiger partial charge in [0.2, 0.25) is 0 Å². The first-order chi connectivity index (χ1) is 8.88. The molecule has 0 saturated heterocycles. The van der Waals surface area contributed by atoms with E-state index >= 15 is 0 Å². The fourth-order valence-electron chi connectivity index (χ4n) is 2.50. The summed E-state index contributed by atoms with van der Waals surface area (Å²) in [6, 6.07) is 0. The molecule has 0 aromatic heterocycles. The first-order valence-electron chi connectivity index (χ1n) is 7.11. The third kappa shape index (κ3) is 6.52. The van der Waals surface area contributed by atoms with E-state index in [-0.39, 0.29) is 18.3 Å². The summed E-state index contributed by atoms with van der Waals surface area (Å²) in [5.41, 5.74) is 5.16. The van der Waals surface area contributed by atoms with Crippen LogP contribution in [-0.2, 0) is 9.47 Å². The number of rotatable bonds is 6. The van der Waals surface area contributed by atoms with E-state index in [9.17, 15) is 4.79 Å². The van der Waals surface area contributed by atoms with Crippen LogP contribution in [0.15, 0.2) is 0 Å². The van der Waals surface area contributed by atoms with Gasteiger partial charge in [-0.25, -0.2) is 4.79 Å². The molecule has 2 N–H and O–H groups in total. The molecule has 3 atom stereocenters. The Morgan fingerprint density at radius 3 is 2.53 bits per heavy atom. The van der Waals surface area contributed by atoms with Gasteiger partial charge in [0.1, 0.15) is 6.10 Å². The van der Waals surface area contributed by atoms with E-state index in [0.29, 0.717) is 11.2 Å². The van der Waals surface area contributed by atoms with E-state index in [0.717, 1.165) is 25.0 Å². The summed E-state index contributed by atoms with van der Waals surface area (Å²) in [4.78, 5) is 11.0. The van der Waals surface area contributed by atoms with Gasteiger partial charge in [0.05, 0.1) is 12.2 Å². The zero-order valence-electron chi connectivity index (χ0n) is 12.4. The second kappa shape index (κ2) is 8.00. The Morgan fingerprint density at radius 1 is 1.32 bits per heavy atom. The smallest absolute Gasteiger partial charge is 0.404 e. The second-order valence-electron chi connectivity index (χ2n) is 5.74. The van der Waals surface area contributed by atoms with E-state index in [4.69, 9.17) is 15.2 Å². The lowest BCUT2D eigenvalue weighted by atomic mass is 9.85. The van der Waals surface area contributed by atoms with Crippen LogP contribution in [0.2, 0.25) is 0 Å². The zero-order valence-corrected chi connectivity index (χ0v) is 13.2. The molecule has 0 spiro atoms. The molecular formula is C14H27NO3S. The number of thioether (sulfide) groups is 1. The van der Waals surface area contributed by atoms with E-state index in [1.54, 1.807) is 0 Å². The fourth-order valence-corrected chi connectivity index (χ4v) is 3.48. The molecule has 1 amide bonds. The van der Waals surface area contributed by atoms with Crippen LogP contribution in [0.25, 0.3) is 0 Å². The van der Waals surface area contributed by atoms with Crippen LogP contribution >= 0.6 is 11.8 Å². The van der Waals surface area contributed by atoms with E-state index in [1.165, 1.54) is 0 Å². The summed E-state index contributed by atoms with van der Waals surface area (Å²) >= 11 is 1.90. The highest BCUT2D eigenvalue weighted by molar-refractivity contribution is 7.99. The molecule has 0 aromatic rings. The van der Waals surface area contributed by atoms with E-state index < -0.39 is 6.09 Å². The lowest BCUT2D eigenvalue weighted by Gasteiger charge is -2.36. The molecule has 0 aromatic carbocycles. The minimum absolute atomic E-state index is 0.0456. The van der Waals surface area contributed by atoms with Crippen LogP contribution in [0.4, 0.5) is 4.79 Å². The Bertz CT molecular complexity index is 284. The van der Waals surface area contributed by atoms with Crippen molar-refractivity contribution in [3.05, 3.63) is 0 Å². The number of primary amides is 1. The van der Waals surface area contributed by atoms with Gasteiger partial charge in [-0.05, 0) is 44.1 Å². The standard InChI is InChI=1S/C14H27NO3S/c1-9(2)17-12-5-6-13(18-14(15)16)11(7-12)8-19-10(3)4/h9-13H,5-8H2,1-4H3,(H2,15,16). The van der Waals surface area contributed by atoms with Gasteiger partial charge in [-0.15, -0.1) is 0 Å². The molecule has 4 nitrogen and oxygen atoms in total.